The zero-order valence-corrected chi connectivity index (χ0v) is 17.4. The van der Waals surface area contributed by atoms with E-state index in [1.807, 2.05) is 54.6 Å². The molecule has 1 fully saturated rings. The zero-order valence-electron chi connectivity index (χ0n) is 15.9. The Bertz CT molecular complexity index is 1010. The normalized spacial score (nSPS) is 17.3. The highest BCUT2D eigenvalue weighted by molar-refractivity contribution is 6.42. The lowest BCUT2D eigenvalue weighted by atomic mass is 9.90. The van der Waals surface area contributed by atoms with E-state index in [4.69, 9.17) is 28.9 Å². The van der Waals surface area contributed by atoms with Crippen LogP contribution in [0.4, 0.5) is 5.69 Å². The summed E-state index contributed by atoms with van der Waals surface area (Å²) in [6, 6.07) is 23.7. The first-order chi connectivity index (χ1) is 14.0. The Balaban J connectivity index is 1.51. The molecule has 3 aromatic carbocycles. The standard InChI is InChI=1S/C24H22Cl2N2O/c25-21-11-8-18(14-22(21)26)19-12-13-28(15-19)20-9-6-17(7-10-20)23(24(27)29)16-4-2-1-3-5-16/h1-11,14,19,23H,12-13,15H2,(H2,27,29). The second-order valence-corrected chi connectivity index (χ2v) is 8.26. The molecule has 2 unspecified atom stereocenters. The first-order valence-corrected chi connectivity index (χ1v) is 10.4. The lowest BCUT2D eigenvalue weighted by Crippen LogP contribution is -2.23. The number of nitrogens with two attached hydrogens (primary N) is 1. The third kappa shape index (κ3) is 4.26. The average Bonchev–Trinajstić information content (AvgIpc) is 3.21. The quantitative estimate of drug-likeness (QED) is 0.578. The fraction of sp³-hybridized carbons (Fsp3) is 0.208. The number of rotatable bonds is 5. The van der Waals surface area contributed by atoms with E-state index in [9.17, 15) is 4.79 Å². The molecule has 29 heavy (non-hydrogen) atoms. The Kier molecular flexibility index (Phi) is 5.79. The Morgan fingerprint density at radius 2 is 1.62 bits per heavy atom. The van der Waals surface area contributed by atoms with Crippen LogP contribution in [0, 0.1) is 0 Å². The summed E-state index contributed by atoms with van der Waals surface area (Å²) in [5, 5.41) is 1.19. The summed E-state index contributed by atoms with van der Waals surface area (Å²) in [7, 11) is 0. The molecule has 5 heteroatoms. The molecule has 1 aliphatic rings. The third-order valence-electron chi connectivity index (χ3n) is 5.61. The van der Waals surface area contributed by atoms with Crippen molar-refractivity contribution in [2.75, 3.05) is 18.0 Å². The molecule has 0 aliphatic carbocycles. The van der Waals surface area contributed by atoms with Crippen LogP contribution in [0.25, 0.3) is 0 Å². The van der Waals surface area contributed by atoms with Gasteiger partial charge >= 0.3 is 0 Å². The minimum Gasteiger partial charge on any atom is -0.371 e. The highest BCUT2D eigenvalue weighted by atomic mass is 35.5. The molecule has 3 nitrogen and oxygen atoms in total. The second-order valence-electron chi connectivity index (χ2n) is 7.44. The van der Waals surface area contributed by atoms with Crippen LogP contribution in [-0.2, 0) is 4.79 Å². The van der Waals surface area contributed by atoms with Crippen LogP contribution in [0.3, 0.4) is 0 Å². The Morgan fingerprint density at radius 3 is 2.28 bits per heavy atom. The van der Waals surface area contributed by atoms with E-state index < -0.39 is 5.92 Å². The monoisotopic (exact) mass is 424 g/mol. The number of amides is 1. The molecule has 4 rings (SSSR count). The van der Waals surface area contributed by atoms with Crippen LogP contribution < -0.4 is 10.6 Å². The minimum atomic E-state index is -0.437. The first kappa shape index (κ1) is 19.8. The smallest absolute Gasteiger partial charge is 0.229 e. The van der Waals surface area contributed by atoms with E-state index in [-0.39, 0.29) is 5.91 Å². The molecule has 148 valence electrons. The fourth-order valence-electron chi connectivity index (χ4n) is 4.08. The van der Waals surface area contributed by atoms with E-state index in [1.165, 1.54) is 5.56 Å². The Morgan fingerprint density at radius 1 is 0.931 bits per heavy atom. The molecular formula is C24H22Cl2N2O. The van der Waals surface area contributed by atoms with Gasteiger partial charge in [0.2, 0.25) is 5.91 Å². The largest absolute Gasteiger partial charge is 0.371 e. The SMILES string of the molecule is NC(=O)C(c1ccccc1)c1ccc(N2CCC(c3ccc(Cl)c(Cl)c3)C2)cc1. The van der Waals surface area contributed by atoms with Crippen LogP contribution in [0.15, 0.2) is 72.8 Å². The topological polar surface area (TPSA) is 46.3 Å². The van der Waals surface area contributed by atoms with Gasteiger partial charge in [-0.25, -0.2) is 0 Å². The number of nitrogens with zero attached hydrogens (tertiary/aromatic N) is 1. The molecule has 0 saturated carbocycles. The van der Waals surface area contributed by atoms with Gasteiger partial charge in [0.15, 0.2) is 0 Å². The molecule has 1 heterocycles. The maximum absolute atomic E-state index is 12.1. The van der Waals surface area contributed by atoms with Crippen LogP contribution in [-0.4, -0.2) is 19.0 Å². The summed E-state index contributed by atoms with van der Waals surface area (Å²) in [5.74, 6) is -0.357. The molecule has 0 spiro atoms. The summed E-state index contributed by atoms with van der Waals surface area (Å²) in [6.07, 6.45) is 1.06. The van der Waals surface area contributed by atoms with Crippen molar-refractivity contribution in [3.63, 3.8) is 0 Å². The summed E-state index contributed by atoms with van der Waals surface area (Å²) < 4.78 is 0. The Labute approximate surface area is 181 Å². The summed E-state index contributed by atoms with van der Waals surface area (Å²) in [4.78, 5) is 14.4. The van der Waals surface area contributed by atoms with Crippen molar-refractivity contribution in [1.82, 2.24) is 0 Å². The fourth-order valence-corrected chi connectivity index (χ4v) is 4.38. The van der Waals surface area contributed by atoms with Crippen LogP contribution in [0.5, 0.6) is 0 Å². The lowest BCUT2D eigenvalue weighted by molar-refractivity contribution is -0.118. The van der Waals surface area contributed by atoms with Gasteiger partial charge in [-0.3, -0.25) is 4.79 Å². The van der Waals surface area contributed by atoms with E-state index in [2.05, 4.69) is 23.1 Å². The summed E-state index contributed by atoms with van der Waals surface area (Å²) in [5.41, 5.74) is 9.88. The highest BCUT2D eigenvalue weighted by Gasteiger charge is 2.25. The van der Waals surface area contributed by atoms with Gasteiger partial charge in [-0.05, 0) is 47.4 Å². The Hall–Kier alpha value is -2.49. The molecule has 2 N–H and O–H groups in total. The third-order valence-corrected chi connectivity index (χ3v) is 6.35. The van der Waals surface area contributed by atoms with Gasteiger partial charge in [-0.15, -0.1) is 0 Å². The van der Waals surface area contributed by atoms with Gasteiger partial charge in [-0.1, -0.05) is 71.7 Å². The number of halogens is 2. The number of carbonyl (C=O) groups is 1. The minimum absolute atomic E-state index is 0.343. The van der Waals surface area contributed by atoms with Gasteiger partial charge in [-0.2, -0.15) is 0 Å². The molecule has 1 amide bonds. The van der Waals surface area contributed by atoms with Crippen LogP contribution in [0.2, 0.25) is 10.0 Å². The van der Waals surface area contributed by atoms with Crippen molar-refractivity contribution >= 4 is 34.8 Å². The van der Waals surface area contributed by atoms with Crippen molar-refractivity contribution in [2.45, 2.75) is 18.3 Å². The molecule has 1 aliphatic heterocycles. The number of carbonyl (C=O) groups excluding carboxylic acids is 1. The van der Waals surface area contributed by atoms with E-state index in [1.54, 1.807) is 0 Å². The molecule has 0 radical (unpaired) electrons. The van der Waals surface area contributed by atoms with E-state index in [0.717, 1.165) is 36.3 Å². The van der Waals surface area contributed by atoms with Crippen molar-refractivity contribution in [2.24, 2.45) is 5.73 Å². The molecule has 2 atom stereocenters. The summed E-state index contributed by atoms with van der Waals surface area (Å²) >= 11 is 12.2. The summed E-state index contributed by atoms with van der Waals surface area (Å²) in [6.45, 7) is 1.90. The number of anilines is 1. The van der Waals surface area contributed by atoms with Crippen molar-refractivity contribution in [3.8, 4) is 0 Å². The van der Waals surface area contributed by atoms with Gasteiger partial charge in [0.1, 0.15) is 0 Å². The highest BCUT2D eigenvalue weighted by Crippen LogP contribution is 2.34. The second kappa shape index (κ2) is 8.48. The number of hydrogen-bond acceptors (Lipinski definition) is 2. The average molecular weight is 425 g/mol. The number of primary amides is 1. The predicted molar refractivity (Wildman–Crippen MR) is 120 cm³/mol. The van der Waals surface area contributed by atoms with Crippen LogP contribution in [0.1, 0.15) is 34.9 Å². The lowest BCUT2D eigenvalue weighted by Gasteiger charge is -2.21. The van der Waals surface area contributed by atoms with Gasteiger partial charge in [0.25, 0.3) is 0 Å². The maximum atomic E-state index is 12.1. The maximum Gasteiger partial charge on any atom is 0.229 e. The van der Waals surface area contributed by atoms with Gasteiger partial charge in [0.05, 0.1) is 16.0 Å². The number of hydrogen-bond donors (Lipinski definition) is 1. The molecule has 3 aromatic rings. The van der Waals surface area contributed by atoms with Gasteiger partial charge < -0.3 is 10.6 Å². The van der Waals surface area contributed by atoms with Gasteiger partial charge in [0, 0.05) is 24.7 Å². The number of benzene rings is 3. The van der Waals surface area contributed by atoms with E-state index in [0.29, 0.717) is 16.0 Å². The molecule has 0 bridgehead atoms. The molecular weight excluding hydrogens is 403 g/mol. The first-order valence-electron chi connectivity index (χ1n) is 9.67. The van der Waals surface area contributed by atoms with E-state index >= 15 is 0 Å². The molecule has 1 saturated heterocycles. The van der Waals surface area contributed by atoms with Crippen molar-refractivity contribution < 1.29 is 4.79 Å². The predicted octanol–water partition coefficient (Wildman–Crippen LogP) is 5.60. The van der Waals surface area contributed by atoms with Crippen LogP contribution >= 0.6 is 23.2 Å². The zero-order chi connectivity index (χ0) is 20.4. The van der Waals surface area contributed by atoms with Crippen molar-refractivity contribution in [1.29, 1.82) is 0 Å². The molecule has 0 aromatic heterocycles. The van der Waals surface area contributed by atoms with Crippen molar-refractivity contribution in [3.05, 3.63) is 99.5 Å².